The van der Waals surface area contributed by atoms with Crippen molar-refractivity contribution in [1.29, 1.82) is 0 Å². The minimum atomic E-state index is -3.76. The van der Waals surface area contributed by atoms with Crippen molar-refractivity contribution in [3.63, 3.8) is 0 Å². The Labute approximate surface area is 167 Å². The summed E-state index contributed by atoms with van der Waals surface area (Å²) in [5.74, 6) is -0.252. The number of hydrogen-bond donors (Lipinski definition) is 3. The Morgan fingerprint density at radius 3 is 2.46 bits per heavy atom. The molecule has 0 aliphatic rings. The van der Waals surface area contributed by atoms with E-state index >= 15 is 0 Å². The number of sulfonamides is 1. The lowest BCUT2D eigenvalue weighted by atomic mass is 10.1. The Morgan fingerprint density at radius 1 is 1.14 bits per heavy atom. The lowest BCUT2D eigenvalue weighted by molar-refractivity contribution is -0.116. The fourth-order valence-corrected chi connectivity index (χ4v) is 3.70. The summed E-state index contributed by atoms with van der Waals surface area (Å²) in [7, 11) is -3.76. The summed E-state index contributed by atoms with van der Waals surface area (Å²) in [5, 5.41) is 14.0. The molecular formula is C19H20N4O3S2. The molecule has 0 radical (unpaired) electrons. The number of rotatable bonds is 6. The van der Waals surface area contributed by atoms with Crippen LogP contribution in [0.15, 0.2) is 58.8 Å². The summed E-state index contributed by atoms with van der Waals surface area (Å²) >= 11 is 1.59. The van der Waals surface area contributed by atoms with Gasteiger partial charge in [0, 0.05) is 22.3 Å². The molecule has 3 aromatic rings. The summed E-state index contributed by atoms with van der Waals surface area (Å²) in [6.07, 6.45) is 0. The maximum Gasteiger partial charge on any atom is 0.246 e. The molecule has 3 rings (SSSR count). The highest BCUT2D eigenvalue weighted by molar-refractivity contribution is 7.89. The molecule has 0 saturated carbocycles. The van der Waals surface area contributed by atoms with Gasteiger partial charge < -0.3 is 10.6 Å². The van der Waals surface area contributed by atoms with E-state index in [0.29, 0.717) is 5.69 Å². The van der Waals surface area contributed by atoms with Crippen molar-refractivity contribution in [2.75, 3.05) is 10.6 Å². The lowest BCUT2D eigenvalue weighted by Crippen LogP contribution is -2.31. The largest absolute Gasteiger partial charge is 0.374 e. The van der Waals surface area contributed by atoms with Crippen LogP contribution in [0.1, 0.15) is 11.9 Å². The van der Waals surface area contributed by atoms with Gasteiger partial charge in [0.1, 0.15) is 6.04 Å². The average Bonchev–Trinajstić information content (AvgIpc) is 3.08. The number of anilines is 2. The number of carbonyl (C=O) groups excluding carboxylic acids is 1. The molecule has 4 N–H and O–H groups in total. The first kappa shape index (κ1) is 20.0. The third-order valence-corrected chi connectivity index (χ3v) is 5.71. The van der Waals surface area contributed by atoms with Gasteiger partial charge in [-0.2, -0.15) is 0 Å². The maximum absolute atomic E-state index is 12.4. The van der Waals surface area contributed by atoms with Crippen LogP contribution in [-0.4, -0.2) is 25.4 Å². The molecule has 0 aliphatic carbocycles. The molecule has 0 spiro atoms. The van der Waals surface area contributed by atoms with E-state index in [1.165, 1.54) is 24.3 Å². The van der Waals surface area contributed by atoms with Gasteiger partial charge in [0.25, 0.3) is 0 Å². The summed E-state index contributed by atoms with van der Waals surface area (Å²) in [5.41, 5.74) is 3.16. The molecular weight excluding hydrogens is 396 g/mol. The zero-order chi connectivity index (χ0) is 20.3. The second-order valence-corrected chi connectivity index (χ2v) is 8.88. The quantitative estimate of drug-likeness (QED) is 0.571. The van der Waals surface area contributed by atoms with E-state index in [0.717, 1.165) is 22.0 Å². The maximum atomic E-state index is 12.4. The highest BCUT2D eigenvalue weighted by Gasteiger charge is 2.14. The van der Waals surface area contributed by atoms with Crippen molar-refractivity contribution >= 4 is 38.6 Å². The molecule has 28 heavy (non-hydrogen) atoms. The van der Waals surface area contributed by atoms with Gasteiger partial charge in [-0.3, -0.25) is 4.79 Å². The normalized spacial score (nSPS) is 12.4. The van der Waals surface area contributed by atoms with Crippen molar-refractivity contribution in [2.45, 2.75) is 24.8 Å². The second-order valence-electron chi connectivity index (χ2n) is 6.26. The van der Waals surface area contributed by atoms with Crippen LogP contribution < -0.4 is 15.8 Å². The second kappa shape index (κ2) is 8.09. The van der Waals surface area contributed by atoms with Crippen LogP contribution in [0.5, 0.6) is 0 Å². The summed E-state index contributed by atoms with van der Waals surface area (Å²) in [6, 6.07) is 12.9. The van der Waals surface area contributed by atoms with E-state index in [1.807, 2.05) is 36.6 Å². The summed E-state index contributed by atoms with van der Waals surface area (Å²) < 4.78 is 22.6. The molecule has 0 bridgehead atoms. The first-order chi connectivity index (χ1) is 13.2. The number of aryl methyl sites for hydroxylation is 1. The number of hydrogen-bond acceptors (Lipinski definition) is 6. The third kappa shape index (κ3) is 4.94. The number of amides is 1. The van der Waals surface area contributed by atoms with Gasteiger partial charge in [0.2, 0.25) is 15.9 Å². The van der Waals surface area contributed by atoms with E-state index < -0.39 is 16.1 Å². The van der Waals surface area contributed by atoms with Gasteiger partial charge in [0.05, 0.1) is 15.6 Å². The predicted octanol–water partition coefficient (Wildman–Crippen LogP) is 3.21. The van der Waals surface area contributed by atoms with Gasteiger partial charge in [-0.05, 0) is 50.2 Å². The van der Waals surface area contributed by atoms with Gasteiger partial charge in [-0.1, -0.05) is 12.1 Å². The van der Waals surface area contributed by atoms with Gasteiger partial charge in [-0.25, -0.2) is 18.5 Å². The fourth-order valence-electron chi connectivity index (χ4n) is 2.56. The van der Waals surface area contributed by atoms with E-state index in [2.05, 4.69) is 15.6 Å². The molecule has 0 saturated heterocycles. The zero-order valence-electron chi connectivity index (χ0n) is 15.3. The molecule has 1 heterocycles. The number of aromatic nitrogens is 1. The van der Waals surface area contributed by atoms with Crippen molar-refractivity contribution in [2.24, 2.45) is 5.14 Å². The van der Waals surface area contributed by atoms with E-state index in [-0.39, 0.29) is 10.8 Å². The molecule has 1 atom stereocenters. The first-order valence-electron chi connectivity index (χ1n) is 8.45. The molecule has 146 valence electrons. The zero-order valence-corrected chi connectivity index (χ0v) is 17.0. The SMILES string of the molecule is Cc1nc(-c2cccc(N[C@@H](C)C(=O)Nc3ccc(S(N)(=O)=O)cc3)c2)cs1. The number of thiazole rings is 1. The number of primary sulfonamides is 1. The number of nitrogens with two attached hydrogens (primary N) is 1. The standard InChI is InChI=1S/C19H20N4O3S2/c1-12(19(24)23-15-6-8-17(9-7-15)28(20,25)26)21-16-5-3-4-14(10-16)18-11-27-13(2)22-18/h3-12,21H,1-2H3,(H,23,24)(H2,20,25,26)/t12-/m0/s1. The Hall–Kier alpha value is -2.75. The van der Waals surface area contributed by atoms with Gasteiger partial charge in [-0.15, -0.1) is 11.3 Å². The smallest absolute Gasteiger partial charge is 0.246 e. The van der Waals surface area contributed by atoms with Crippen molar-refractivity contribution < 1.29 is 13.2 Å². The Bertz CT molecular complexity index is 1090. The van der Waals surface area contributed by atoms with Crippen molar-refractivity contribution in [3.8, 4) is 11.3 Å². The molecule has 1 amide bonds. The molecule has 1 aromatic heterocycles. The van der Waals surface area contributed by atoms with Crippen LogP contribution in [0.4, 0.5) is 11.4 Å². The number of carbonyl (C=O) groups is 1. The Balaban J connectivity index is 1.66. The van der Waals surface area contributed by atoms with E-state index in [1.54, 1.807) is 18.3 Å². The molecule has 0 fully saturated rings. The summed E-state index contributed by atoms with van der Waals surface area (Å²) in [4.78, 5) is 16.9. The number of benzene rings is 2. The van der Waals surface area contributed by atoms with Crippen LogP contribution in [0, 0.1) is 6.92 Å². The van der Waals surface area contributed by atoms with Crippen LogP contribution in [0.3, 0.4) is 0 Å². The highest BCUT2D eigenvalue weighted by Crippen LogP contribution is 2.24. The van der Waals surface area contributed by atoms with Gasteiger partial charge >= 0.3 is 0 Å². The first-order valence-corrected chi connectivity index (χ1v) is 10.9. The predicted molar refractivity (Wildman–Crippen MR) is 112 cm³/mol. The molecule has 2 aromatic carbocycles. The Morgan fingerprint density at radius 2 is 1.86 bits per heavy atom. The van der Waals surface area contributed by atoms with Crippen LogP contribution in [-0.2, 0) is 14.8 Å². The van der Waals surface area contributed by atoms with Crippen LogP contribution in [0.25, 0.3) is 11.3 Å². The van der Waals surface area contributed by atoms with Crippen molar-refractivity contribution in [1.82, 2.24) is 4.98 Å². The number of nitrogens with one attached hydrogen (secondary N) is 2. The molecule has 0 aliphatic heterocycles. The Kier molecular flexibility index (Phi) is 5.78. The van der Waals surface area contributed by atoms with E-state index in [9.17, 15) is 13.2 Å². The minimum absolute atomic E-state index is 0.00855. The average molecular weight is 417 g/mol. The van der Waals surface area contributed by atoms with Crippen LogP contribution in [0.2, 0.25) is 0 Å². The fraction of sp³-hybridized carbons (Fsp3) is 0.158. The highest BCUT2D eigenvalue weighted by atomic mass is 32.2. The topological polar surface area (TPSA) is 114 Å². The minimum Gasteiger partial charge on any atom is -0.374 e. The van der Waals surface area contributed by atoms with Crippen LogP contribution >= 0.6 is 11.3 Å². The summed E-state index contributed by atoms with van der Waals surface area (Å²) in [6.45, 7) is 3.70. The van der Waals surface area contributed by atoms with Gasteiger partial charge in [0.15, 0.2) is 0 Å². The lowest BCUT2D eigenvalue weighted by Gasteiger charge is -2.16. The number of nitrogens with zero attached hydrogens (tertiary/aromatic N) is 1. The monoisotopic (exact) mass is 416 g/mol. The van der Waals surface area contributed by atoms with E-state index in [4.69, 9.17) is 5.14 Å². The molecule has 7 nitrogen and oxygen atoms in total. The third-order valence-electron chi connectivity index (χ3n) is 4.00. The van der Waals surface area contributed by atoms with Crippen molar-refractivity contribution in [3.05, 3.63) is 58.9 Å². The molecule has 0 unspecified atom stereocenters. The molecule has 9 heteroatoms.